The van der Waals surface area contributed by atoms with Gasteiger partial charge in [0.05, 0.1) is 12.0 Å². The van der Waals surface area contributed by atoms with Crippen LogP contribution < -0.4 is 0 Å². The fourth-order valence-electron chi connectivity index (χ4n) is 3.48. The molecule has 132 valence electrons. The summed E-state index contributed by atoms with van der Waals surface area (Å²) in [6, 6.07) is 0. The van der Waals surface area contributed by atoms with Gasteiger partial charge in [-0.1, -0.05) is 13.3 Å². The Morgan fingerprint density at radius 2 is 1.96 bits per heavy atom. The lowest BCUT2D eigenvalue weighted by Crippen LogP contribution is -2.43. The van der Waals surface area contributed by atoms with Crippen molar-refractivity contribution in [3.8, 4) is 0 Å². The van der Waals surface area contributed by atoms with Crippen molar-refractivity contribution < 1.29 is 19.4 Å². The molecule has 2 fully saturated rings. The van der Waals surface area contributed by atoms with Crippen molar-refractivity contribution in [2.24, 2.45) is 11.8 Å². The van der Waals surface area contributed by atoms with Crippen LogP contribution in [0.3, 0.4) is 0 Å². The largest absolute Gasteiger partial charge is 0.481 e. The van der Waals surface area contributed by atoms with Gasteiger partial charge in [-0.15, -0.1) is 0 Å². The fourth-order valence-corrected chi connectivity index (χ4v) is 4.50. The molecule has 0 spiro atoms. The van der Waals surface area contributed by atoms with Gasteiger partial charge >= 0.3 is 5.97 Å². The Morgan fingerprint density at radius 1 is 1.22 bits per heavy atom. The molecule has 0 aromatic carbocycles. The predicted molar refractivity (Wildman–Crippen MR) is 91.6 cm³/mol. The van der Waals surface area contributed by atoms with E-state index in [1.165, 1.54) is 12.8 Å². The number of thioether (sulfide) groups is 1. The third-order valence-corrected chi connectivity index (χ3v) is 5.98. The van der Waals surface area contributed by atoms with Crippen molar-refractivity contribution in [1.29, 1.82) is 0 Å². The first-order chi connectivity index (χ1) is 11.1. The molecule has 1 N–H and O–H groups in total. The Morgan fingerprint density at radius 3 is 2.61 bits per heavy atom. The van der Waals surface area contributed by atoms with Gasteiger partial charge in [-0.2, -0.15) is 11.8 Å². The van der Waals surface area contributed by atoms with Crippen LogP contribution in [0.4, 0.5) is 0 Å². The maximum Gasteiger partial charge on any atom is 0.309 e. The number of unbranched alkanes of at least 4 members (excludes halogenated alkanes) is 1. The topological polar surface area (TPSA) is 66.8 Å². The molecule has 2 heterocycles. The molecule has 5 nitrogen and oxygen atoms in total. The number of carboxylic acid groups (broad SMARTS) is 1. The molecule has 1 amide bonds. The third-order valence-electron chi connectivity index (χ3n) is 4.91. The number of amides is 1. The van der Waals surface area contributed by atoms with E-state index in [9.17, 15) is 14.7 Å². The smallest absolute Gasteiger partial charge is 0.309 e. The van der Waals surface area contributed by atoms with Crippen LogP contribution >= 0.6 is 11.8 Å². The summed E-state index contributed by atoms with van der Waals surface area (Å²) in [5.41, 5.74) is 0. The molecule has 1 unspecified atom stereocenters. The molecule has 2 aliphatic rings. The number of hydrogen-bond acceptors (Lipinski definition) is 4. The molecule has 2 rings (SSSR count). The van der Waals surface area contributed by atoms with Crippen molar-refractivity contribution in [1.82, 2.24) is 4.90 Å². The quantitative estimate of drug-likeness (QED) is 0.686. The van der Waals surface area contributed by atoms with Crippen LogP contribution in [0.1, 0.15) is 45.4 Å². The number of nitrogens with zero attached hydrogens (tertiary/aromatic N) is 1. The van der Waals surface area contributed by atoms with Crippen molar-refractivity contribution in [2.75, 3.05) is 31.2 Å². The number of hydrogen-bond donors (Lipinski definition) is 1. The molecular weight excluding hydrogens is 314 g/mol. The van der Waals surface area contributed by atoms with Gasteiger partial charge in [-0.25, -0.2) is 0 Å². The summed E-state index contributed by atoms with van der Waals surface area (Å²) in [6.07, 6.45) is 5.23. The minimum absolute atomic E-state index is 0.158. The van der Waals surface area contributed by atoms with Crippen LogP contribution in [0.25, 0.3) is 0 Å². The third kappa shape index (κ3) is 5.38. The van der Waals surface area contributed by atoms with Gasteiger partial charge < -0.3 is 14.7 Å². The van der Waals surface area contributed by atoms with Crippen LogP contribution in [-0.2, 0) is 14.3 Å². The summed E-state index contributed by atoms with van der Waals surface area (Å²) in [7, 11) is 0. The number of aliphatic carboxylic acids is 1. The Labute approximate surface area is 143 Å². The van der Waals surface area contributed by atoms with Crippen molar-refractivity contribution >= 4 is 23.6 Å². The second-order valence-corrected chi connectivity index (χ2v) is 7.73. The van der Waals surface area contributed by atoms with Gasteiger partial charge in [0.15, 0.2) is 0 Å². The Balaban J connectivity index is 1.69. The van der Waals surface area contributed by atoms with Crippen LogP contribution in [0.15, 0.2) is 0 Å². The van der Waals surface area contributed by atoms with E-state index in [1.54, 1.807) is 0 Å². The van der Waals surface area contributed by atoms with Gasteiger partial charge in [-0.3, -0.25) is 9.59 Å². The fraction of sp³-hybridized carbons (Fsp3) is 0.882. The molecule has 2 saturated heterocycles. The van der Waals surface area contributed by atoms with Crippen molar-refractivity contribution in [2.45, 2.75) is 51.6 Å². The zero-order valence-corrected chi connectivity index (χ0v) is 14.9. The standard InChI is InChI=1S/C17H29NO4S/c1-2-3-11-23-12-7-15(19)18-8-4-13(5-9-18)16-14(17(20)21)6-10-22-16/h13-14,16H,2-12H2,1H3,(H,20,21)/t14?,16-/m0/s1. The highest BCUT2D eigenvalue weighted by atomic mass is 32.2. The maximum atomic E-state index is 12.2. The Kier molecular flexibility index (Phi) is 7.70. The number of carbonyl (C=O) groups is 2. The summed E-state index contributed by atoms with van der Waals surface area (Å²) in [4.78, 5) is 25.4. The zero-order valence-electron chi connectivity index (χ0n) is 14.0. The second-order valence-electron chi connectivity index (χ2n) is 6.50. The lowest BCUT2D eigenvalue weighted by Gasteiger charge is -2.35. The molecule has 6 heteroatoms. The van der Waals surface area contributed by atoms with Gasteiger partial charge in [0.25, 0.3) is 0 Å². The number of ether oxygens (including phenoxy) is 1. The molecule has 0 radical (unpaired) electrons. The Bertz CT molecular complexity index is 396. The lowest BCUT2D eigenvalue weighted by molar-refractivity contribution is -0.146. The molecule has 2 atom stereocenters. The van der Waals surface area contributed by atoms with Gasteiger partial charge in [0.1, 0.15) is 0 Å². The van der Waals surface area contributed by atoms with E-state index in [4.69, 9.17) is 4.74 Å². The summed E-state index contributed by atoms with van der Waals surface area (Å²) in [6.45, 7) is 4.22. The summed E-state index contributed by atoms with van der Waals surface area (Å²) < 4.78 is 5.68. The van der Waals surface area contributed by atoms with Crippen LogP contribution in [0.2, 0.25) is 0 Å². The number of rotatable bonds is 8. The minimum atomic E-state index is -0.741. The second kappa shape index (κ2) is 9.52. The van der Waals surface area contributed by atoms with Crippen LogP contribution in [0, 0.1) is 11.8 Å². The number of carboxylic acids is 1. The van der Waals surface area contributed by atoms with E-state index in [-0.39, 0.29) is 23.8 Å². The van der Waals surface area contributed by atoms with E-state index < -0.39 is 5.97 Å². The van der Waals surface area contributed by atoms with Crippen LogP contribution in [0.5, 0.6) is 0 Å². The SMILES string of the molecule is CCCCSCCC(=O)N1CCC([C@@H]2OCCC2C(=O)O)CC1. The van der Waals surface area contributed by atoms with E-state index in [0.29, 0.717) is 19.4 Å². The molecule has 2 aliphatic heterocycles. The van der Waals surface area contributed by atoms with E-state index >= 15 is 0 Å². The Hall–Kier alpha value is -0.750. The van der Waals surface area contributed by atoms with Crippen molar-refractivity contribution in [3.05, 3.63) is 0 Å². The molecular formula is C17H29NO4S. The van der Waals surface area contributed by atoms with Gasteiger partial charge in [0, 0.05) is 31.9 Å². The predicted octanol–water partition coefficient (Wildman–Crippen LogP) is 2.64. The summed E-state index contributed by atoms with van der Waals surface area (Å²) in [5.74, 6) is 1.47. The zero-order chi connectivity index (χ0) is 16.7. The summed E-state index contributed by atoms with van der Waals surface area (Å²) in [5, 5.41) is 9.27. The maximum absolute atomic E-state index is 12.2. The van der Waals surface area contributed by atoms with Crippen molar-refractivity contribution in [3.63, 3.8) is 0 Å². The first-order valence-corrected chi connectivity index (χ1v) is 9.99. The minimum Gasteiger partial charge on any atom is -0.481 e. The number of likely N-dealkylation sites (tertiary alicyclic amines) is 1. The van der Waals surface area contributed by atoms with Gasteiger partial charge in [-0.05, 0) is 37.4 Å². The van der Waals surface area contributed by atoms with E-state index in [0.717, 1.165) is 37.4 Å². The molecule has 0 bridgehead atoms. The molecule has 0 aromatic heterocycles. The first kappa shape index (κ1) is 18.6. The highest BCUT2D eigenvalue weighted by Crippen LogP contribution is 2.33. The number of carbonyl (C=O) groups excluding carboxylic acids is 1. The van der Waals surface area contributed by atoms with E-state index in [1.807, 2.05) is 16.7 Å². The number of piperidine rings is 1. The highest BCUT2D eigenvalue weighted by Gasteiger charge is 2.40. The first-order valence-electron chi connectivity index (χ1n) is 8.83. The molecule has 23 heavy (non-hydrogen) atoms. The van der Waals surface area contributed by atoms with E-state index in [2.05, 4.69) is 6.92 Å². The monoisotopic (exact) mass is 343 g/mol. The molecule has 0 aliphatic carbocycles. The average molecular weight is 343 g/mol. The van der Waals surface area contributed by atoms with Gasteiger partial charge in [0.2, 0.25) is 5.91 Å². The summed E-state index contributed by atoms with van der Waals surface area (Å²) >= 11 is 1.86. The molecule has 0 saturated carbocycles. The van der Waals surface area contributed by atoms with Crippen LogP contribution in [-0.4, -0.2) is 59.2 Å². The lowest BCUT2D eigenvalue weighted by atomic mass is 9.84. The average Bonchev–Trinajstić information content (AvgIpc) is 3.04. The highest BCUT2D eigenvalue weighted by molar-refractivity contribution is 7.99. The molecule has 0 aromatic rings. The normalized spacial score (nSPS) is 25.7.